The Kier molecular flexibility index (Phi) is 7.36. The summed E-state index contributed by atoms with van der Waals surface area (Å²) in [6, 6.07) is 16.1. The number of hydrogen-bond acceptors (Lipinski definition) is 6. The highest BCUT2D eigenvalue weighted by molar-refractivity contribution is 7.13. The van der Waals surface area contributed by atoms with Gasteiger partial charge in [-0.1, -0.05) is 36.4 Å². The number of aromatic nitrogens is 1. The summed E-state index contributed by atoms with van der Waals surface area (Å²) in [7, 11) is 0. The zero-order valence-electron chi connectivity index (χ0n) is 19.0. The van der Waals surface area contributed by atoms with E-state index in [0.717, 1.165) is 21.9 Å². The number of piperazine rings is 1. The minimum Gasteiger partial charge on any atom is -0.357 e. The predicted molar refractivity (Wildman–Crippen MR) is 133 cm³/mol. The standard InChI is InChI=1S/C25H29N5O2S/c1-18-12-19(2)14-21(13-18)27-23(31)16-29-8-10-30(11-9-29)24(32)22-17-33-25(28-22)26-15-20-6-4-3-5-7-20/h3-7,12-14,17H,8-11,15-16H2,1-2H3,(H,26,28)(H,27,31). The molecule has 1 aliphatic rings. The van der Waals surface area contributed by atoms with Crippen molar-refractivity contribution >= 4 is 34.0 Å². The number of thiazole rings is 1. The van der Waals surface area contributed by atoms with Gasteiger partial charge in [-0.25, -0.2) is 4.98 Å². The highest BCUT2D eigenvalue weighted by Crippen LogP contribution is 2.19. The van der Waals surface area contributed by atoms with Crippen LogP contribution in [0.2, 0.25) is 0 Å². The Hall–Kier alpha value is -3.23. The molecule has 2 aromatic carbocycles. The van der Waals surface area contributed by atoms with E-state index in [4.69, 9.17) is 0 Å². The Morgan fingerprint density at radius 3 is 2.39 bits per heavy atom. The first-order valence-corrected chi connectivity index (χ1v) is 12.0. The van der Waals surface area contributed by atoms with Crippen LogP contribution in [0.15, 0.2) is 53.9 Å². The largest absolute Gasteiger partial charge is 0.357 e. The molecule has 1 aliphatic heterocycles. The van der Waals surface area contributed by atoms with Crippen LogP contribution >= 0.6 is 11.3 Å². The summed E-state index contributed by atoms with van der Waals surface area (Å²) >= 11 is 1.44. The molecule has 172 valence electrons. The van der Waals surface area contributed by atoms with E-state index < -0.39 is 0 Å². The molecule has 1 fully saturated rings. The molecule has 1 saturated heterocycles. The van der Waals surface area contributed by atoms with Crippen molar-refractivity contribution in [2.45, 2.75) is 20.4 Å². The van der Waals surface area contributed by atoms with E-state index in [1.54, 1.807) is 5.38 Å². The summed E-state index contributed by atoms with van der Waals surface area (Å²) in [6.07, 6.45) is 0. The number of carbonyl (C=O) groups is 2. The van der Waals surface area contributed by atoms with Crippen molar-refractivity contribution in [3.63, 3.8) is 0 Å². The molecular weight excluding hydrogens is 434 g/mol. The summed E-state index contributed by atoms with van der Waals surface area (Å²) in [5.74, 6) is -0.0910. The molecule has 0 radical (unpaired) electrons. The second kappa shape index (κ2) is 10.6. The molecule has 2 heterocycles. The zero-order chi connectivity index (χ0) is 23.2. The van der Waals surface area contributed by atoms with Crippen molar-refractivity contribution in [2.75, 3.05) is 43.4 Å². The molecule has 2 N–H and O–H groups in total. The van der Waals surface area contributed by atoms with Gasteiger partial charge in [0, 0.05) is 43.8 Å². The van der Waals surface area contributed by atoms with Gasteiger partial charge in [-0.3, -0.25) is 14.5 Å². The highest BCUT2D eigenvalue weighted by atomic mass is 32.1. The fourth-order valence-electron chi connectivity index (χ4n) is 3.95. The molecule has 8 heteroatoms. The van der Waals surface area contributed by atoms with E-state index in [1.807, 2.05) is 61.2 Å². The SMILES string of the molecule is Cc1cc(C)cc(NC(=O)CN2CCN(C(=O)c3csc(NCc4ccccc4)n3)CC2)c1. The summed E-state index contributed by atoms with van der Waals surface area (Å²) in [5, 5.41) is 8.80. The maximum Gasteiger partial charge on any atom is 0.273 e. The quantitative estimate of drug-likeness (QED) is 0.558. The highest BCUT2D eigenvalue weighted by Gasteiger charge is 2.25. The maximum atomic E-state index is 12.9. The number of nitrogens with one attached hydrogen (secondary N) is 2. The molecule has 1 aromatic heterocycles. The Bertz CT molecular complexity index is 1090. The van der Waals surface area contributed by atoms with Gasteiger partial charge >= 0.3 is 0 Å². The number of anilines is 2. The first-order valence-electron chi connectivity index (χ1n) is 11.1. The lowest BCUT2D eigenvalue weighted by Gasteiger charge is -2.33. The van der Waals surface area contributed by atoms with Gasteiger partial charge in [0.2, 0.25) is 5.91 Å². The molecule has 7 nitrogen and oxygen atoms in total. The van der Waals surface area contributed by atoms with Gasteiger partial charge in [0.25, 0.3) is 5.91 Å². The molecule has 4 rings (SSSR count). The van der Waals surface area contributed by atoms with Crippen LogP contribution in [0.4, 0.5) is 10.8 Å². The van der Waals surface area contributed by atoms with Crippen molar-refractivity contribution in [1.82, 2.24) is 14.8 Å². The summed E-state index contributed by atoms with van der Waals surface area (Å²) in [6.45, 7) is 7.52. The van der Waals surface area contributed by atoms with Crippen LogP contribution in [-0.2, 0) is 11.3 Å². The topological polar surface area (TPSA) is 77.6 Å². The smallest absolute Gasteiger partial charge is 0.273 e. The van der Waals surface area contributed by atoms with E-state index in [1.165, 1.54) is 16.9 Å². The van der Waals surface area contributed by atoms with E-state index >= 15 is 0 Å². The molecule has 2 amide bonds. The van der Waals surface area contributed by atoms with Gasteiger partial charge in [-0.05, 0) is 42.7 Å². The number of amides is 2. The molecule has 33 heavy (non-hydrogen) atoms. The zero-order valence-corrected chi connectivity index (χ0v) is 19.8. The van der Waals surface area contributed by atoms with Gasteiger partial charge in [-0.15, -0.1) is 11.3 Å². The fourth-order valence-corrected chi connectivity index (χ4v) is 4.63. The monoisotopic (exact) mass is 463 g/mol. The molecular formula is C25H29N5O2S. The van der Waals surface area contributed by atoms with Crippen molar-refractivity contribution in [2.24, 2.45) is 0 Å². The third kappa shape index (κ3) is 6.40. The normalized spacial score (nSPS) is 14.2. The van der Waals surface area contributed by atoms with Crippen LogP contribution in [0.1, 0.15) is 27.2 Å². The number of hydrogen-bond donors (Lipinski definition) is 2. The number of aryl methyl sites for hydroxylation is 2. The summed E-state index contributed by atoms with van der Waals surface area (Å²) < 4.78 is 0. The van der Waals surface area contributed by atoms with Gasteiger partial charge in [0.05, 0.1) is 6.54 Å². The summed E-state index contributed by atoms with van der Waals surface area (Å²) in [5.41, 5.74) is 4.71. The van der Waals surface area contributed by atoms with Crippen molar-refractivity contribution in [3.8, 4) is 0 Å². The first kappa shape index (κ1) is 22.9. The van der Waals surface area contributed by atoms with Gasteiger partial charge in [0.1, 0.15) is 5.69 Å². The molecule has 0 unspecified atom stereocenters. The van der Waals surface area contributed by atoms with E-state index in [0.29, 0.717) is 45.0 Å². The van der Waals surface area contributed by atoms with Crippen molar-refractivity contribution in [3.05, 3.63) is 76.3 Å². The first-order chi connectivity index (χ1) is 16.0. The third-order valence-electron chi connectivity index (χ3n) is 5.54. The molecule has 0 bridgehead atoms. The van der Waals surface area contributed by atoms with E-state index in [-0.39, 0.29) is 11.8 Å². The Balaban J connectivity index is 1.23. The Labute approximate surface area is 198 Å². The average molecular weight is 464 g/mol. The second-order valence-electron chi connectivity index (χ2n) is 8.37. The van der Waals surface area contributed by atoms with Crippen LogP contribution < -0.4 is 10.6 Å². The Morgan fingerprint density at radius 1 is 1.00 bits per heavy atom. The Morgan fingerprint density at radius 2 is 1.70 bits per heavy atom. The molecule has 0 aliphatic carbocycles. The van der Waals surface area contributed by atoms with Gasteiger partial charge in [-0.2, -0.15) is 0 Å². The van der Waals surface area contributed by atoms with Gasteiger partial charge < -0.3 is 15.5 Å². The van der Waals surface area contributed by atoms with Crippen LogP contribution in [0, 0.1) is 13.8 Å². The lowest BCUT2D eigenvalue weighted by Crippen LogP contribution is -2.50. The van der Waals surface area contributed by atoms with E-state index in [9.17, 15) is 9.59 Å². The van der Waals surface area contributed by atoms with Crippen LogP contribution in [0.5, 0.6) is 0 Å². The maximum absolute atomic E-state index is 12.9. The lowest BCUT2D eigenvalue weighted by atomic mass is 10.1. The van der Waals surface area contributed by atoms with Crippen molar-refractivity contribution < 1.29 is 9.59 Å². The lowest BCUT2D eigenvalue weighted by molar-refractivity contribution is -0.117. The third-order valence-corrected chi connectivity index (χ3v) is 6.34. The van der Waals surface area contributed by atoms with Crippen LogP contribution in [0.25, 0.3) is 0 Å². The molecule has 0 saturated carbocycles. The molecule has 0 atom stereocenters. The van der Waals surface area contributed by atoms with Crippen LogP contribution in [0.3, 0.4) is 0 Å². The molecule has 3 aromatic rings. The number of rotatable bonds is 7. The average Bonchev–Trinajstić information content (AvgIpc) is 3.27. The minimum atomic E-state index is -0.0571. The molecule has 0 spiro atoms. The number of benzene rings is 2. The van der Waals surface area contributed by atoms with Crippen molar-refractivity contribution in [1.29, 1.82) is 0 Å². The van der Waals surface area contributed by atoms with E-state index in [2.05, 4.69) is 26.6 Å². The fraction of sp³-hybridized carbons (Fsp3) is 0.320. The van der Waals surface area contributed by atoms with Gasteiger partial charge in [0.15, 0.2) is 5.13 Å². The second-order valence-corrected chi connectivity index (χ2v) is 9.23. The van der Waals surface area contributed by atoms with Crippen LogP contribution in [-0.4, -0.2) is 59.3 Å². The number of nitrogens with zero attached hydrogens (tertiary/aromatic N) is 3. The predicted octanol–water partition coefficient (Wildman–Crippen LogP) is 3.77. The minimum absolute atomic E-state index is 0.0339. The summed E-state index contributed by atoms with van der Waals surface area (Å²) in [4.78, 5) is 33.7. The number of carbonyl (C=O) groups excluding carboxylic acids is 2.